The lowest BCUT2D eigenvalue weighted by Gasteiger charge is -2.04. The molecule has 0 aliphatic carbocycles. The summed E-state index contributed by atoms with van der Waals surface area (Å²) in [6, 6.07) is 26.0. The van der Waals surface area contributed by atoms with E-state index in [9.17, 15) is 0 Å². The van der Waals surface area contributed by atoms with Crippen LogP contribution in [-0.2, 0) is 7.05 Å². The normalized spacial score (nSPS) is 10.3. The summed E-state index contributed by atoms with van der Waals surface area (Å²) in [7, 11) is 2.06. The van der Waals surface area contributed by atoms with Gasteiger partial charge >= 0.3 is 5.01 Å². The number of rotatable bonds is 2. The van der Waals surface area contributed by atoms with Crippen LogP contribution in [0.3, 0.4) is 0 Å². The lowest BCUT2D eigenvalue weighted by molar-refractivity contribution is -0.642. The molecule has 0 saturated carbocycles. The van der Waals surface area contributed by atoms with Crippen LogP contribution in [0.5, 0.6) is 11.5 Å². The van der Waals surface area contributed by atoms with Gasteiger partial charge in [0.2, 0.25) is 5.52 Å². The van der Waals surface area contributed by atoms with Crippen molar-refractivity contribution in [2.45, 2.75) is 0 Å². The molecule has 0 amide bonds. The standard InChI is InChI=1S/C22H16NOS/c1-23-20-9-5-6-10-21(20)25-22(23)16-13-17-11-14-19(15-12-17)24-18-7-3-2-4-8-18/h2-12,14-15H,1H3/q+1. The number of para-hydroxylation sites is 2. The lowest BCUT2D eigenvalue weighted by atomic mass is 10.2. The van der Waals surface area contributed by atoms with E-state index in [0.717, 1.165) is 22.1 Å². The maximum absolute atomic E-state index is 5.80. The van der Waals surface area contributed by atoms with Crippen molar-refractivity contribution in [3.63, 3.8) is 0 Å². The van der Waals surface area contributed by atoms with Gasteiger partial charge in [-0.3, -0.25) is 0 Å². The van der Waals surface area contributed by atoms with Gasteiger partial charge in [0.1, 0.15) is 23.2 Å². The van der Waals surface area contributed by atoms with Gasteiger partial charge in [0, 0.05) is 17.6 Å². The van der Waals surface area contributed by atoms with Crippen LogP contribution in [0.1, 0.15) is 10.6 Å². The second kappa shape index (κ2) is 6.80. The fraction of sp³-hybridized carbons (Fsp3) is 0.0455. The number of hydrogen-bond acceptors (Lipinski definition) is 2. The minimum absolute atomic E-state index is 0.809. The Balaban J connectivity index is 1.55. The third-order valence-electron chi connectivity index (χ3n) is 3.88. The Morgan fingerprint density at radius 1 is 0.760 bits per heavy atom. The van der Waals surface area contributed by atoms with Crippen molar-refractivity contribution in [2.24, 2.45) is 7.05 Å². The summed E-state index contributed by atoms with van der Waals surface area (Å²) < 4.78 is 9.19. The molecule has 0 N–H and O–H groups in total. The first-order chi connectivity index (χ1) is 12.3. The average Bonchev–Trinajstić information content (AvgIpc) is 2.98. The topological polar surface area (TPSA) is 13.1 Å². The molecule has 0 fully saturated rings. The Morgan fingerprint density at radius 3 is 2.20 bits per heavy atom. The molecule has 4 aromatic rings. The summed E-state index contributed by atoms with van der Waals surface area (Å²) in [5.41, 5.74) is 2.18. The summed E-state index contributed by atoms with van der Waals surface area (Å²) in [6.07, 6.45) is 0. The van der Waals surface area contributed by atoms with Crippen LogP contribution in [0.4, 0.5) is 0 Å². The van der Waals surface area contributed by atoms with E-state index in [1.165, 1.54) is 10.2 Å². The van der Waals surface area contributed by atoms with Crippen molar-refractivity contribution in [1.29, 1.82) is 0 Å². The van der Waals surface area contributed by atoms with Gasteiger partial charge in [-0.25, -0.2) is 0 Å². The zero-order valence-electron chi connectivity index (χ0n) is 13.8. The third kappa shape index (κ3) is 3.40. The summed E-state index contributed by atoms with van der Waals surface area (Å²) >= 11 is 1.71. The smallest absolute Gasteiger partial charge is 0.315 e. The molecule has 0 aliphatic rings. The number of hydrogen-bond donors (Lipinski definition) is 0. The number of ether oxygens (including phenoxy) is 1. The summed E-state index contributed by atoms with van der Waals surface area (Å²) in [4.78, 5) is 0. The maximum Gasteiger partial charge on any atom is 0.315 e. The fourth-order valence-corrected chi connectivity index (χ4v) is 3.57. The minimum Gasteiger partial charge on any atom is -0.457 e. The van der Waals surface area contributed by atoms with Crippen LogP contribution >= 0.6 is 11.3 Å². The van der Waals surface area contributed by atoms with E-state index in [1.54, 1.807) is 11.3 Å². The second-order valence-corrected chi connectivity index (χ2v) is 6.65. The first-order valence-electron chi connectivity index (χ1n) is 8.02. The SMILES string of the molecule is C[n+]1c(C#Cc2ccc(Oc3ccccc3)cc2)sc2ccccc21. The highest BCUT2D eigenvalue weighted by atomic mass is 32.1. The molecular formula is C22H16NOS+. The minimum atomic E-state index is 0.809. The molecule has 0 aliphatic heterocycles. The first kappa shape index (κ1) is 15.4. The predicted molar refractivity (Wildman–Crippen MR) is 102 cm³/mol. The van der Waals surface area contributed by atoms with E-state index in [1.807, 2.05) is 54.6 Å². The van der Waals surface area contributed by atoms with Gasteiger partial charge in [-0.1, -0.05) is 47.6 Å². The van der Waals surface area contributed by atoms with Crippen LogP contribution in [0.25, 0.3) is 10.2 Å². The van der Waals surface area contributed by atoms with Crippen molar-refractivity contribution in [3.05, 3.63) is 89.4 Å². The van der Waals surface area contributed by atoms with Crippen LogP contribution < -0.4 is 9.30 Å². The number of aromatic nitrogens is 1. The van der Waals surface area contributed by atoms with E-state index in [2.05, 4.69) is 47.7 Å². The summed E-state index contributed by atoms with van der Waals surface area (Å²) in [5.74, 6) is 8.16. The Kier molecular flexibility index (Phi) is 4.20. The van der Waals surface area contributed by atoms with Crippen LogP contribution in [-0.4, -0.2) is 0 Å². The largest absolute Gasteiger partial charge is 0.457 e. The molecule has 1 heterocycles. The van der Waals surface area contributed by atoms with Gasteiger partial charge in [0.25, 0.3) is 0 Å². The number of thiazole rings is 1. The molecule has 0 unspecified atom stereocenters. The Bertz CT molecular complexity index is 1070. The van der Waals surface area contributed by atoms with Gasteiger partial charge in [0.05, 0.1) is 0 Å². The highest BCUT2D eigenvalue weighted by Gasteiger charge is 2.13. The Hall–Kier alpha value is -3.09. The number of nitrogens with zero attached hydrogens (tertiary/aromatic N) is 1. The third-order valence-corrected chi connectivity index (χ3v) is 5.02. The summed E-state index contributed by atoms with van der Waals surface area (Å²) in [6.45, 7) is 0. The van der Waals surface area contributed by atoms with E-state index in [4.69, 9.17) is 4.74 Å². The van der Waals surface area contributed by atoms with E-state index >= 15 is 0 Å². The molecule has 120 valence electrons. The van der Waals surface area contributed by atoms with Gasteiger partial charge < -0.3 is 4.74 Å². The number of aryl methyl sites for hydroxylation is 1. The zero-order valence-corrected chi connectivity index (χ0v) is 14.6. The predicted octanol–water partition coefficient (Wildman–Crippen LogP) is 4.92. The molecule has 3 aromatic carbocycles. The van der Waals surface area contributed by atoms with Gasteiger partial charge in [-0.15, -0.1) is 0 Å². The molecule has 3 heteroatoms. The molecule has 25 heavy (non-hydrogen) atoms. The Labute approximate surface area is 151 Å². The maximum atomic E-state index is 5.80. The van der Waals surface area contributed by atoms with Crippen molar-refractivity contribution in [3.8, 4) is 23.3 Å². The zero-order chi connectivity index (χ0) is 17.1. The molecule has 4 rings (SSSR count). The molecular weight excluding hydrogens is 326 g/mol. The van der Waals surface area contributed by atoms with Crippen molar-refractivity contribution >= 4 is 21.6 Å². The molecule has 0 atom stereocenters. The first-order valence-corrected chi connectivity index (χ1v) is 8.84. The van der Waals surface area contributed by atoms with Gasteiger partial charge in [-0.05, 0) is 42.5 Å². The summed E-state index contributed by atoms with van der Waals surface area (Å²) in [5, 5.41) is 1.05. The van der Waals surface area contributed by atoms with E-state index in [-0.39, 0.29) is 0 Å². The highest BCUT2D eigenvalue weighted by Crippen LogP contribution is 2.21. The van der Waals surface area contributed by atoms with Crippen LogP contribution in [0.15, 0.2) is 78.9 Å². The van der Waals surface area contributed by atoms with Crippen LogP contribution in [0.2, 0.25) is 0 Å². The highest BCUT2D eigenvalue weighted by molar-refractivity contribution is 7.18. The second-order valence-electron chi connectivity index (χ2n) is 5.62. The molecule has 1 aromatic heterocycles. The fourth-order valence-electron chi connectivity index (χ4n) is 2.57. The van der Waals surface area contributed by atoms with Gasteiger partial charge in [-0.2, -0.15) is 4.57 Å². The lowest BCUT2D eigenvalue weighted by Crippen LogP contribution is -2.29. The van der Waals surface area contributed by atoms with E-state index < -0.39 is 0 Å². The number of fused-ring (bicyclic) bond motifs is 1. The van der Waals surface area contributed by atoms with Crippen molar-refractivity contribution < 1.29 is 9.30 Å². The molecule has 0 radical (unpaired) electrons. The Morgan fingerprint density at radius 2 is 1.44 bits per heavy atom. The van der Waals surface area contributed by atoms with E-state index in [0.29, 0.717) is 0 Å². The molecule has 0 saturated heterocycles. The quantitative estimate of drug-likeness (QED) is 0.372. The molecule has 0 bridgehead atoms. The molecule has 2 nitrogen and oxygen atoms in total. The monoisotopic (exact) mass is 342 g/mol. The average molecular weight is 342 g/mol. The number of benzene rings is 3. The van der Waals surface area contributed by atoms with Crippen LogP contribution in [0, 0.1) is 11.8 Å². The van der Waals surface area contributed by atoms with Gasteiger partial charge in [0.15, 0.2) is 0 Å². The molecule has 0 spiro atoms. The van der Waals surface area contributed by atoms with Crippen molar-refractivity contribution in [1.82, 2.24) is 0 Å². The van der Waals surface area contributed by atoms with Crippen molar-refractivity contribution in [2.75, 3.05) is 0 Å².